The zero-order valence-electron chi connectivity index (χ0n) is 11.3. The molecule has 1 aliphatic heterocycles. The maximum atomic E-state index is 12.3. The van der Waals surface area contributed by atoms with Gasteiger partial charge in [-0.15, -0.1) is 0 Å². The fourth-order valence-corrected chi connectivity index (χ4v) is 2.63. The van der Waals surface area contributed by atoms with Crippen LogP contribution in [0.1, 0.15) is 45.4 Å². The van der Waals surface area contributed by atoms with Crippen LogP contribution < -0.4 is 16.4 Å². The van der Waals surface area contributed by atoms with Gasteiger partial charge >= 0.3 is 0 Å². The van der Waals surface area contributed by atoms with Crippen molar-refractivity contribution in [2.24, 2.45) is 11.1 Å². The summed E-state index contributed by atoms with van der Waals surface area (Å²) in [5, 5.41) is 6.25. The number of carbonyl (C=O) groups excluding carboxylic acids is 2. The lowest BCUT2D eigenvalue weighted by Crippen LogP contribution is -2.47. The van der Waals surface area contributed by atoms with Crippen LogP contribution in [0.3, 0.4) is 0 Å². The summed E-state index contributed by atoms with van der Waals surface area (Å²) in [6, 6.07) is 0. The van der Waals surface area contributed by atoms with Crippen LogP contribution in [0.4, 0.5) is 0 Å². The lowest BCUT2D eigenvalue weighted by atomic mass is 9.74. The summed E-state index contributed by atoms with van der Waals surface area (Å²) in [5.41, 5.74) is 4.86. The van der Waals surface area contributed by atoms with E-state index < -0.39 is 0 Å². The Morgan fingerprint density at radius 3 is 2.56 bits per heavy atom. The summed E-state index contributed by atoms with van der Waals surface area (Å²) < 4.78 is 0. The molecule has 0 atom stereocenters. The number of amides is 2. The molecule has 0 aliphatic carbocycles. The van der Waals surface area contributed by atoms with Crippen LogP contribution in [0.5, 0.6) is 0 Å². The highest BCUT2D eigenvalue weighted by atomic mass is 16.2. The molecule has 1 saturated heterocycles. The van der Waals surface area contributed by atoms with Crippen molar-refractivity contribution in [2.45, 2.75) is 45.4 Å². The van der Waals surface area contributed by atoms with Crippen LogP contribution in [0, 0.1) is 5.41 Å². The summed E-state index contributed by atoms with van der Waals surface area (Å²) in [6.07, 6.45) is 4.74. The highest BCUT2D eigenvalue weighted by molar-refractivity contribution is 5.82. The van der Waals surface area contributed by atoms with Crippen LogP contribution in [0.2, 0.25) is 0 Å². The van der Waals surface area contributed by atoms with Crippen molar-refractivity contribution in [3.63, 3.8) is 0 Å². The number of rotatable bonds is 7. The van der Waals surface area contributed by atoms with Crippen LogP contribution in [0.15, 0.2) is 0 Å². The number of nitrogens with one attached hydrogen (secondary N) is 2. The predicted octanol–water partition coefficient (Wildman–Crippen LogP) is 0.538. The Morgan fingerprint density at radius 2 is 2.00 bits per heavy atom. The molecule has 0 radical (unpaired) electrons. The molecule has 18 heavy (non-hydrogen) atoms. The first kappa shape index (κ1) is 15.0. The zero-order valence-corrected chi connectivity index (χ0v) is 11.3. The van der Waals surface area contributed by atoms with E-state index in [-0.39, 0.29) is 17.2 Å². The van der Waals surface area contributed by atoms with Gasteiger partial charge in [0, 0.05) is 13.0 Å². The molecule has 4 N–H and O–H groups in total. The van der Waals surface area contributed by atoms with E-state index >= 15 is 0 Å². The summed E-state index contributed by atoms with van der Waals surface area (Å²) in [4.78, 5) is 22.9. The topological polar surface area (TPSA) is 84.2 Å². The summed E-state index contributed by atoms with van der Waals surface area (Å²) in [5.74, 6) is -0.162. The quantitative estimate of drug-likeness (QED) is 0.580. The smallest absolute Gasteiger partial charge is 0.226 e. The molecule has 1 heterocycles. The standard InChI is InChI=1S/C13H25N3O2/c1-2-5-13(6-9-15-10-7-13)12(18)16-8-3-4-11(14)17/h15H,2-10H2,1H3,(H2,14,17)(H,16,18). The number of hydrogen-bond acceptors (Lipinski definition) is 3. The van der Waals surface area contributed by atoms with Gasteiger partial charge in [-0.3, -0.25) is 9.59 Å². The highest BCUT2D eigenvalue weighted by Crippen LogP contribution is 2.34. The summed E-state index contributed by atoms with van der Waals surface area (Å²) in [6.45, 7) is 4.48. The number of carbonyl (C=O) groups is 2. The van der Waals surface area contributed by atoms with E-state index in [9.17, 15) is 9.59 Å². The molecule has 0 spiro atoms. The maximum Gasteiger partial charge on any atom is 0.226 e. The summed E-state index contributed by atoms with van der Waals surface area (Å²) in [7, 11) is 0. The van der Waals surface area contributed by atoms with Gasteiger partial charge in [0.15, 0.2) is 0 Å². The molecule has 1 fully saturated rings. The molecule has 5 nitrogen and oxygen atoms in total. The lowest BCUT2D eigenvalue weighted by molar-refractivity contribution is -0.133. The fourth-order valence-electron chi connectivity index (χ4n) is 2.63. The Kier molecular flexibility index (Phi) is 6.12. The van der Waals surface area contributed by atoms with Gasteiger partial charge < -0.3 is 16.4 Å². The molecule has 1 rings (SSSR count). The van der Waals surface area contributed by atoms with Gasteiger partial charge in [-0.25, -0.2) is 0 Å². The minimum atomic E-state index is -0.311. The van der Waals surface area contributed by atoms with Gasteiger partial charge in [0.25, 0.3) is 0 Å². The van der Waals surface area contributed by atoms with Gasteiger partial charge in [0.2, 0.25) is 11.8 Å². The molecule has 5 heteroatoms. The van der Waals surface area contributed by atoms with Gasteiger partial charge in [0.05, 0.1) is 5.41 Å². The first-order chi connectivity index (χ1) is 8.60. The Labute approximate surface area is 109 Å². The Balaban J connectivity index is 2.42. The zero-order chi connectivity index (χ0) is 13.4. The van der Waals surface area contributed by atoms with Gasteiger partial charge in [-0.2, -0.15) is 0 Å². The van der Waals surface area contributed by atoms with Crippen molar-refractivity contribution in [1.82, 2.24) is 10.6 Å². The van der Waals surface area contributed by atoms with Crippen molar-refractivity contribution >= 4 is 11.8 Å². The van der Waals surface area contributed by atoms with Crippen LogP contribution >= 0.6 is 0 Å². The van der Waals surface area contributed by atoms with E-state index in [2.05, 4.69) is 17.6 Å². The van der Waals surface area contributed by atoms with E-state index in [0.717, 1.165) is 38.8 Å². The lowest BCUT2D eigenvalue weighted by Gasteiger charge is -2.36. The first-order valence-corrected chi connectivity index (χ1v) is 6.88. The maximum absolute atomic E-state index is 12.3. The van der Waals surface area contributed by atoms with E-state index in [4.69, 9.17) is 5.73 Å². The first-order valence-electron chi connectivity index (χ1n) is 6.88. The van der Waals surface area contributed by atoms with Crippen molar-refractivity contribution < 1.29 is 9.59 Å². The monoisotopic (exact) mass is 255 g/mol. The summed E-state index contributed by atoms with van der Waals surface area (Å²) >= 11 is 0. The highest BCUT2D eigenvalue weighted by Gasteiger charge is 2.38. The molecule has 2 amide bonds. The van der Waals surface area contributed by atoms with E-state index in [1.807, 2.05) is 0 Å². The van der Waals surface area contributed by atoms with Crippen LogP contribution in [-0.4, -0.2) is 31.4 Å². The minimum absolute atomic E-state index is 0.148. The predicted molar refractivity (Wildman–Crippen MR) is 70.9 cm³/mol. The molecule has 0 bridgehead atoms. The van der Waals surface area contributed by atoms with E-state index in [1.54, 1.807) is 0 Å². The largest absolute Gasteiger partial charge is 0.370 e. The third-order valence-corrected chi connectivity index (χ3v) is 3.66. The Bertz CT molecular complexity index is 280. The third kappa shape index (κ3) is 4.29. The number of primary amides is 1. The SMILES string of the molecule is CCCC1(C(=O)NCCCC(N)=O)CCNCC1. The number of hydrogen-bond donors (Lipinski definition) is 3. The van der Waals surface area contributed by atoms with Gasteiger partial charge in [0.1, 0.15) is 0 Å². The average molecular weight is 255 g/mol. The van der Waals surface area contributed by atoms with E-state index in [0.29, 0.717) is 19.4 Å². The normalized spacial score (nSPS) is 18.3. The van der Waals surface area contributed by atoms with Crippen molar-refractivity contribution in [2.75, 3.05) is 19.6 Å². The Hall–Kier alpha value is -1.10. The fraction of sp³-hybridized carbons (Fsp3) is 0.846. The third-order valence-electron chi connectivity index (χ3n) is 3.66. The second-order valence-electron chi connectivity index (χ2n) is 5.11. The van der Waals surface area contributed by atoms with Crippen LogP contribution in [0.25, 0.3) is 0 Å². The van der Waals surface area contributed by atoms with Crippen molar-refractivity contribution in [3.8, 4) is 0 Å². The molecule has 0 aromatic rings. The molecule has 0 aromatic heterocycles. The second kappa shape index (κ2) is 7.36. The van der Waals surface area contributed by atoms with Gasteiger partial charge in [-0.05, 0) is 38.8 Å². The molecular weight excluding hydrogens is 230 g/mol. The molecular formula is C13H25N3O2. The Morgan fingerprint density at radius 1 is 1.33 bits per heavy atom. The van der Waals surface area contributed by atoms with Crippen molar-refractivity contribution in [3.05, 3.63) is 0 Å². The molecule has 0 aromatic carbocycles. The van der Waals surface area contributed by atoms with Crippen molar-refractivity contribution in [1.29, 1.82) is 0 Å². The molecule has 0 saturated carbocycles. The number of piperidine rings is 1. The van der Waals surface area contributed by atoms with E-state index in [1.165, 1.54) is 0 Å². The second-order valence-corrected chi connectivity index (χ2v) is 5.11. The average Bonchev–Trinajstić information content (AvgIpc) is 2.35. The molecule has 104 valence electrons. The van der Waals surface area contributed by atoms with Gasteiger partial charge in [-0.1, -0.05) is 13.3 Å². The molecule has 1 aliphatic rings. The number of nitrogens with two attached hydrogens (primary N) is 1. The van der Waals surface area contributed by atoms with Crippen LogP contribution in [-0.2, 0) is 9.59 Å². The molecule has 0 unspecified atom stereocenters. The minimum Gasteiger partial charge on any atom is -0.370 e.